The number of thiazole rings is 1. The van der Waals surface area contributed by atoms with Crippen LogP contribution in [0.25, 0.3) is 27.9 Å². The van der Waals surface area contributed by atoms with Gasteiger partial charge in [0.25, 0.3) is 0 Å². The molecule has 5 rings (SSSR count). The quantitative estimate of drug-likeness (QED) is 0.390. The number of para-hydroxylation sites is 1. The SMILES string of the molecule is COc1ccc(-c2nc3ccccc3c3nnc(SCC(=O)Nc4nccs4)n23)cc1. The average molecular weight is 449 g/mol. The fraction of sp³-hybridized carbons (Fsp3) is 0.0952. The second-order valence-corrected chi connectivity index (χ2v) is 8.33. The molecule has 10 heteroatoms. The van der Waals surface area contributed by atoms with Crippen LogP contribution in [0.2, 0.25) is 0 Å². The summed E-state index contributed by atoms with van der Waals surface area (Å²) < 4.78 is 7.17. The fourth-order valence-corrected chi connectivity index (χ4v) is 4.44. The minimum Gasteiger partial charge on any atom is -0.497 e. The Morgan fingerprint density at radius 1 is 1.16 bits per heavy atom. The Hall–Kier alpha value is -3.50. The van der Waals surface area contributed by atoms with Gasteiger partial charge in [-0.1, -0.05) is 23.9 Å². The Kier molecular flexibility index (Phi) is 5.23. The first-order valence-electron chi connectivity index (χ1n) is 9.33. The van der Waals surface area contributed by atoms with Crippen LogP contribution >= 0.6 is 23.1 Å². The minimum atomic E-state index is -0.156. The molecule has 0 saturated carbocycles. The summed E-state index contributed by atoms with van der Waals surface area (Å²) in [4.78, 5) is 21.3. The molecule has 0 unspecified atom stereocenters. The maximum atomic E-state index is 12.3. The van der Waals surface area contributed by atoms with E-state index in [-0.39, 0.29) is 11.7 Å². The number of fused-ring (bicyclic) bond motifs is 3. The molecule has 0 bridgehead atoms. The molecule has 0 saturated heterocycles. The molecule has 154 valence electrons. The van der Waals surface area contributed by atoms with Crippen LogP contribution in [0.1, 0.15) is 0 Å². The highest BCUT2D eigenvalue weighted by Gasteiger charge is 2.18. The summed E-state index contributed by atoms with van der Waals surface area (Å²) in [5.74, 6) is 1.48. The monoisotopic (exact) mass is 448 g/mol. The third-order valence-corrected chi connectivity index (χ3v) is 6.19. The number of carbonyl (C=O) groups excluding carboxylic acids is 1. The molecule has 0 fully saturated rings. The van der Waals surface area contributed by atoms with Gasteiger partial charge in [-0.05, 0) is 36.4 Å². The zero-order chi connectivity index (χ0) is 21.2. The predicted molar refractivity (Wildman–Crippen MR) is 122 cm³/mol. The summed E-state index contributed by atoms with van der Waals surface area (Å²) in [7, 11) is 1.63. The first-order valence-corrected chi connectivity index (χ1v) is 11.2. The highest BCUT2D eigenvalue weighted by Crippen LogP contribution is 2.30. The summed E-state index contributed by atoms with van der Waals surface area (Å²) in [6, 6.07) is 15.5. The molecule has 0 radical (unpaired) electrons. The molecule has 0 spiro atoms. The predicted octanol–water partition coefficient (Wildman–Crippen LogP) is 4.14. The molecule has 0 atom stereocenters. The van der Waals surface area contributed by atoms with E-state index in [1.54, 1.807) is 13.3 Å². The number of hydrogen-bond donors (Lipinski definition) is 1. The molecule has 3 heterocycles. The van der Waals surface area contributed by atoms with Crippen LogP contribution in [0.15, 0.2) is 65.3 Å². The van der Waals surface area contributed by atoms with Gasteiger partial charge in [-0.15, -0.1) is 21.5 Å². The van der Waals surface area contributed by atoms with Gasteiger partial charge in [-0.3, -0.25) is 9.20 Å². The van der Waals surface area contributed by atoms with Crippen molar-refractivity contribution in [2.45, 2.75) is 5.16 Å². The summed E-state index contributed by atoms with van der Waals surface area (Å²) in [5.41, 5.74) is 2.41. The maximum Gasteiger partial charge on any atom is 0.236 e. The van der Waals surface area contributed by atoms with E-state index in [0.29, 0.717) is 21.8 Å². The van der Waals surface area contributed by atoms with Crippen molar-refractivity contribution in [1.29, 1.82) is 0 Å². The van der Waals surface area contributed by atoms with E-state index in [1.807, 2.05) is 58.3 Å². The first-order chi connectivity index (χ1) is 15.2. The van der Waals surface area contributed by atoms with Crippen LogP contribution in [-0.4, -0.2) is 43.3 Å². The number of ether oxygens (including phenoxy) is 1. The van der Waals surface area contributed by atoms with E-state index in [1.165, 1.54) is 23.1 Å². The fourth-order valence-electron chi connectivity index (χ4n) is 3.16. The molecule has 2 aromatic carbocycles. The third kappa shape index (κ3) is 3.82. The molecule has 0 aliphatic heterocycles. The van der Waals surface area contributed by atoms with Gasteiger partial charge in [0.1, 0.15) is 11.6 Å². The smallest absolute Gasteiger partial charge is 0.236 e. The number of aromatic nitrogens is 5. The topological polar surface area (TPSA) is 94.3 Å². The van der Waals surface area contributed by atoms with Gasteiger partial charge >= 0.3 is 0 Å². The third-order valence-electron chi connectivity index (χ3n) is 4.58. The van der Waals surface area contributed by atoms with Crippen LogP contribution < -0.4 is 10.1 Å². The van der Waals surface area contributed by atoms with Crippen molar-refractivity contribution in [2.75, 3.05) is 18.2 Å². The zero-order valence-corrected chi connectivity index (χ0v) is 18.0. The first kappa shape index (κ1) is 19.5. The molecule has 1 amide bonds. The minimum absolute atomic E-state index is 0.156. The highest BCUT2D eigenvalue weighted by atomic mass is 32.2. The van der Waals surface area contributed by atoms with Crippen LogP contribution in [0.4, 0.5) is 5.13 Å². The van der Waals surface area contributed by atoms with Crippen LogP contribution in [0.5, 0.6) is 5.75 Å². The second-order valence-electron chi connectivity index (χ2n) is 6.50. The van der Waals surface area contributed by atoms with E-state index in [2.05, 4.69) is 20.5 Å². The number of anilines is 1. The average Bonchev–Trinajstić information content (AvgIpc) is 3.47. The normalized spacial score (nSPS) is 11.1. The van der Waals surface area contributed by atoms with Crippen molar-refractivity contribution < 1.29 is 9.53 Å². The van der Waals surface area contributed by atoms with E-state index in [0.717, 1.165) is 22.2 Å². The molecule has 0 aliphatic rings. The van der Waals surface area contributed by atoms with E-state index in [9.17, 15) is 4.79 Å². The number of methoxy groups -OCH3 is 1. The van der Waals surface area contributed by atoms with Gasteiger partial charge in [0.2, 0.25) is 5.91 Å². The van der Waals surface area contributed by atoms with Gasteiger partial charge in [0.15, 0.2) is 15.9 Å². The number of thioether (sulfide) groups is 1. The van der Waals surface area contributed by atoms with E-state index >= 15 is 0 Å². The summed E-state index contributed by atoms with van der Waals surface area (Å²) >= 11 is 2.68. The van der Waals surface area contributed by atoms with Crippen molar-refractivity contribution in [3.05, 3.63) is 60.1 Å². The van der Waals surface area contributed by atoms with Crippen LogP contribution in [0, 0.1) is 0 Å². The zero-order valence-electron chi connectivity index (χ0n) is 16.3. The number of hydrogen-bond acceptors (Lipinski definition) is 8. The van der Waals surface area contributed by atoms with Crippen molar-refractivity contribution >= 4 is 50.7 Å². The summed E-state index contributed by atoms with van der Waals surface area (Å²) in [6.07, 6.45) is 1.65. The molecule has 0 aliphatic carbocycles. The number of nitrogens with one attached hydrogen (secondary N) is 1. The Bertz CT molecular complexity index is 1370. The summed E-state index contributed by atoms with van der Waals surface area (Å²) in [6.45, 7) is 0. The second kappa shape index (κ2) is 8.32. The molecule has 8 nitrogen and oxygen atoms in total. The number of carbonyl (C=O) groups is 1. The van der Waals surface area contributed by atoms with Gasteiger partial charge in [-0.2, -0.15) is 0 Å². The van der Waals surface area contributed by atoms with Crippen molar-refractivity contribution in [3.8, 4) is 17.1 Å². The maximum absolute atomic E-state index is 12.3. The highest BCUT2D eigenvalue weighted by molar-refractivity contribution is 7.99. The van der Waals surface area contributed by atoms with E-state index in [4.69, 9.17) is 9.72 Å². The van der Waals surface area contributed by atoms with Crippen LogP contribution in [0.3, 0.4) is 0 Å². The molecule has 5 aromatic rings. The lowest BCUT2D eigenvalue weighted by atomic mass is 10.1. The number of benzene rings is 2. The van der Waals surface area contributed by atoms with Crippen LogP contribution in [-0.2, 0) is 4.79 Å². The lowest BCUT2D eigenvalue weighted by Gasteiger charge is -2.10. The van der Waals surface area contributed by atoms with Gasteiger partial charge in [-0.25, -0.2) is 9.97 Å². The van der Waals surface area contributed by atoms with Gasteiger partial charge in [0.05, 0.1) is 18.4 Å². The Morgan fingerprint density at radius 3 is 2.77 bits per heavy atom. The van der Waals surface area contributed by atoms with Gasteiger partial charge in [0, 0.05) is 22.5 Å². The Labute approximate surface area is 185 Å². The lowest BCUT2D eigenvalue weighted by Crippen LogP contribution is -2.14. The van der Waals surface area contributed by atoms with Crippen molar-refractivity contribution in [2.24, 2.45) is 0 Å². The molecule has 31 heavy (non-hydrogen) atoms. The van der Waals surface area contributed by atoms with Crippen molar-refractivity contribution in [1.82, 2.24) is 24.6 Å². The number of nitrogens with zero attached hydrogens (tertiary/aromatic N) is 5. The molecule has 3 aromatic heterocycles. The van der Waals surface area contributed by atoms with Gasteiger partial charge < -0.3 is 10.1 Å². The van der Waals surface area contributed by atoms with Crippen molar-refractivity contribution in [3.63, 3.8) is 0 Å². The largest absolute Gasteiger partial charge is 0.497 e. The Balaban J connectivity index is 1.55. The lowest BCUT2D eigenvalue weighted by molar-refractivity contribution is -0.113. The molecular formula is C21H16N6O2S2. The number of rotatable bonds is 6. The standard InChI is InChI=1S/C21H16N6O2S2/c1-29-14-8-6-13(7-9-14)18-23-16-5-3-2-4-15(16)19-25-26-21(27(18)19)31-12-17(28)24-20-22-10-11-30-20/h2-11H,12H2,1H3,(H,22,24,28). The number of amides is 1. The molecular weight excluding hydrogens is 432 g/mol. The molecule has 1 N–H and O–H groups in total. The Morgan fingerprint density at radius 2 is 2.00 bits per heavy atom. The summed E-state index contributed by atoms with van der Waals surface area (Å²) in [5, 5.41) is 15.4. The van der Waals surface area contributed by atoms with E-state index < -0.39 is 0 Å².